The minimum absolute atomic E-state index is 0.0980. The molecule has 0 amide bonds. The Labute approximate surface area is 276 Å². The third-order valence-corrected chi connectivity index (χ3v) is 7.28. The van der Waals surface area contributed by atoms with Crippen LogP contribution in [0.3, 0.4) is 0 Å². The number of allylic oxidation sites excluding steroid dienone is 12. The molecular formula is C40H66O5. The Bertz CT molecular complexity index is 849. The SMILES string of the molecule is CC/C=C\C/C=C\C/C=C\C/C=C\C/C=C\C/C=C\CCC(=O)OC(CO)COC(=O)CCCCCCCCCCCCCC. The first-order valence-corrected chi connectivity index (χ1v) is 18.0. The summed E-state index contributed by atoms with van der Waals surface area (Å²) in [7, 11) is 0. The van der Waals surface area contributed by atoms with Gasteiger partial charge in [0.25, 0.3) is 0 Å². The van der Waals surface area contributed by atoms with Crippen molar-refractivity contribution >= 4 is 11.9 Å². The molecule has 0 aliphatic carbocycles. The molecule has 5 nitrogen and oxygen atoms in total. The van der Waals surface area contributed by atoms with Gasteiger partial charge in [-0.25, -0.2) is 0 Å². The van der Waals surface area contributed by atoms with Gasteiger partial charge in [0.1, 0.15) is 6.61 Å². The second-order valence-electron chi connectivity index (χ2n) is 11.6. The molecule has 0 radical (unpaired) electrons. The van der Waals surface area contributed by atoms with Gasteiger partial charge in [-0.05, 0) is 51.4 Å². The summed E-state index contributed by atoms with van der Waals surface area (Å²) in [4.78, 5) is 24.1. The van der Waals surface area contributed by atoms with E-state index < -0.39 is 12.1 Å². The van der Waals surface area contributed by atoms with E-state index in [9.17, 15) is 14.7 Å². The van der Waals surface area contributed by atoms with Crippen molar-refractivity contribution in [3.05, 3.63) is 72.9 Å². The molecule has 0 aromatic heterocycles. The number of aliphatic hydroxyl groups is 1. The molecule has 0 saturated heterocycles. The Morgan fingerprint density at radius 3 is 1.40 bits per heavy atom. The van der Waals surface area contributed by atoms with Crippen LogP contribution in [-0.4, -0.2) is 36.4 Å². The zero-order valence-corrected chi connectivity index (χ0v) is 28.8. The Kier molecular flexibility index (Phi) is 33.7. The lowest BCUT2D eigenvalue weighted by atomic mass is 10.0. The summed E-state index contributed by atoms with van der Waals surface area (Å²) < 4.78 is 10.5. The minimum Gasteiger partial charge on any atom is -0.462 e. The fourth-order valence-corrected chi connectivity index (χ4v) is 4.58. The molecule has 256 valence electrons. The Morgan fingerprint density at radius 1 is 0.533 bits per heavy atom. The van der Waals surface area contributed by atoms with Gasteiger partial charge in [-0.15, -0.1) is 0 Å². The molecule has 0 rings (SSSR count). The van der Waals surface area contributed by atoms with Crippen molar-refractivity contribution in [1.29, 1.82) is 0 Å². The van der Waals surface area contributed by atoms with Gasteiger partial charge in [-0.3, -0.25) is 9.59 Å². The largest absolute Gasteiger partial charge is 0.462 e. The molecule has 1 unspecified atom stereocenters. The molecular weight excluding hydrogens is 560 g/mol. The molecule has 0 aliphatic rings. The second kappa shape index (κ2) is 35.8. The Hall–Kier alpha value is -2.66. The highest BCUT2D eigenvalue weighted by Gasteiger charge is 2.15. The lowest BCUT2D eigenvalue weighted by Gasteiger charge is -2.15. The van der Waals surface area contributed by atoms with Gasteiger partial charge in [-0.1, -0.05) is 157 Å². The summed E-state index contributed by atoms with van der Waals surface area (Å²) in [5.74, 6) is -0.694. The Balaban J connectivity index is 3.75. The van der Waals surface area contributed by atoms with Gasteiger partial charge >= 0.3 is 11.9 Å². The first-order valence-electron chi connectivity index (χ1n) is 18.0. The van der Waals surface area contributed by atoms with Gasteiger partial charge in [-0.2, -0.15) is 0 Å². The van der Waals surface area contributed by atoms with Crippen molar-refractivity contribution in [1.82, 2.24) is 0 Å². The highest BCUT2D eigenvalue weighted by molar-refractivity contribution is 5.70. The van der Waals surface area contributed by atoms with Crippen LogP contribution >= 0.6 is 0 Å². The van der Waals surface area contributed by atoms with Crippen LogP contribution in [0.25, 0.3) is 0 Å². The first-order chi connectivity index (χ1) is 22.1. The summed E-state index contributed by atoms with van der Waals surface area (Å²) in [5, 5.41) is 9.51. The molecule has 0 aromatic rings. The van der Waals surface area contributed by atoms with Gasteiger partial charge in [0.05, 0.1) is 6.61 Å². The van der Waals surface area contributed by atoms with Crippen molar-refractivity contribution in [3.63, 3.8) is 0 Å². The number of unbranched alkanes of at least 4 members (excludes halogenated alkanes) is 11. The van der Waals surface area contributed by atoms with Gasteiger partial charge in [0.2, 0.25) is 0 Å². The normalized spacial score (nSPS) is 13.0. The van der Waals surface area contributed by atoms with Crippen LogP contribution < -0.4 is 0 Å². The van der Waals surface area contributed by atoms with Crippen molar-refractivity contribution in [2.75, 3.05) is 13.2 Å². The fourth-order valence-electron chi connectivity index (χ4n) is 4.58. The molecule has 45 heavy (non-hydrogen) atoms. The second-order valence-corrected chi connectivity index (χ2v) is 11.6. The van der Waals surface area contributed by atoms with Crippen LogP contribution in [0, 0.1) is 0 Å². The molecule has 0 heterocycles. The van der Waals surface area contributed by atoms with Gasteiger partial charge < -0.3 is 14.6 Å². The molecule has 0 fully saturated rings. The van der Waals surface area contributed by atoms with E-state index in [1.165, 1.54) is 57.8 Å². The smallest absolute Gasteiger partial charge is 0.306 e. The van der Waals surface area contributed by atoms with Gasteiger partial charge in [0.15, 0.2) is 6.10 Å². The number of carbonyl (C=O) groups is 2. The van der Waals surface area contributed by atoms with Gasteiger partial charge in [0, 0.05) is 12.8 Å². The number of rotatable bonds is 31. The van der Waals surface area contributed by atoms with Crippen molar-refractivity contribution in [2.24, 2.45) is 0 Å². The maximum atomic E-state index is 12.1. The Morgan fingerprint density at radius 2 is 0.956 bits per heavy atom. The summed E-state index contributed by atoms with van der Waals surface area (Å²) in [5.41, 5.74) is 0. The predicted octanol–water partition coefficient (Wildman–Crippen LogP) is 11.0. The highest BCUT2D eigenvalue weighted by atomic mass is 16.6. The summed E-state index contributed by atoms with van der Waals surface area (Å²) in [6.45, 7) is 3.93. The monoisotopic (exact) mass is 626 g/mol. The van der Waals surface area contributed by atoms with E-state index in [0.717, 1.165) is 57.8 Å². The maximum absolute atomic E-state index is 12.1. The number of carbonyl (C=O) groups excluding carboxylic acids is 2. The third kappa shape index (κ3) is 34.1. The topological polar surface area (TPSA) is 72.8 Å². The maximum Gasteiger partial charge on any atom is 0.306 e. The summed E-state index contributed by atoms with van der Waals surface area (Å²) in [6.07, 6.45) is 46.8. The number of ether oxygens (including phenoxy) is 2. The molecule has 0 saturated carbocycles. The zero-order chi connectivity index (χ0) is 32.9. The van der Waals surface area contributed by atoms with Crippen molar-refractivity contribution < 1.29 is 24.2 Å². The summed E-state index contributed by atoms with van der Waals surface area (Å²) in [6, 6.07) is 0. The van der Waals surface area contributed by atoms with Crippen LogP contribution in [0.1, 0.15) is 149 Å². The molecule has 1 N–H and O–H groups in total. The quantitative estimate of drug-likeness (QED) is 0.0471. The lowest BCUT2D eigenvalue weighted by molar-refractivity contribution is -0.161. The lowest BCUT2D eigenvalue weighted by Crippen LogP contribution is -2.28. The van der Waals surface area contributed by atoms with Crippen LogP contribution in [0.5, 0.6) is 0 Å². The fraction of sp³-hybridized carbons (Fsp3) is 0.650. The third-order valence-electron chi connectivity index (χ3n) is 7.28. The number of esters is 2. The molecule has 0 aromatic carbocycles. The van der Waals surface area contributed by atoms with E-state index >= 15 is 0 Å². The molecule has 0 spiro atoms. The van der Waals surface area contributed by atoms with Crippen LogP contribution in [0.2, 0.25) is 0 Å². The van der Waals surface area contributed by atoms with Crippen molar-refractivity contribution in [2.45, 2.75) is 155 Å². The predicted molar refractivity (Wildman–Crippen MR) is 191 cm³/mol. The molecule has 1 atom stereocenters. The van der Waals surface area contributed by atoms with Crippen LogP contribution in [0.4, 0.5) is 0 Å². The number of hydrogen-bond acceptors (Lipinski definition) is 5. The van der Waals surface area contributed by atoms with E-state index in [2.05, 4.69) is 74.6 Å². The van der Waals surface area contributed by atoms with Crippen LogP contribution in [-0.2, 0) is 19.1 Å². The molecule has 0 bridgehead atoms. The zero-order valence-electron chi connectivity index (χ0n) is 28.8. The average Bonchev–Trinajstić information content (AvgIpc) is 3.04. The molecule has 0 aliphatic heterocycles. The number of hydrogen-bond donors (Lipinski definition) is 1. The van der Waals surface area contributed by atoms with Crippen LogP contribution in [0.15, 0.2) is 72.9 Å². The summed E-state index contributed by atoms with van der Waals surface area (Å²) >= 11 is 0. The number of aliphatic hydroxyl groups excluding tert-OH is 1. The van der Waals surface area contributed by atoms with Crippen molar-refractivity contribution in [3.8, 4) is 0 Å². The molecule has 5 heteroatoms. The first kappa shape index (κ1) is 42.3. The van der Waals surface area contributed by atoms with E-state index in [1.54, 1.807) is 0 Å². The van der Waals surface area contributed by atoms with E-state index in [4.69, 9.17) is 9.47 Å². The highest BCUT2D eigenvalue weighted by Crippen LogP contribution is 2.13. The van der Waals surface area contributed by atoms with E-state index in [-0.39, 0.29) is 25.6 Å². The van der Waals surface area contributed by atoms with E-state index in [1.807, 2.05) is 12.2 Å². The standard InChI is InChI=1S/C40H66O5/c1-3-5-7-9-11-13-15-17-18-19-20-21-22-23-25-27-29-31-33-35-40(43)45-38(36-41)37-44-39(42)34-32-30-28-26-24-16-14-12-10-8-6-4-2/h5,7,11,13,17-18,20-21,23,25,29,31,38,41H,3-4,6,8-10,12,14-16,19,22,24,26-28,30,32-37H2,1-2H3/b7-5-,13-11-,18-17-,21-20-,25-23-,31-29-. The minimum atomic E-state index is -0.811. The van der Waals surface area contributed by atoms with E-state index in [0.29, 0.717) is 12.8 Å². The average molecular weight is 627 g/mol.